The first kappa shape index (κ1) is 14.6. The number of likely N-dealkylation sites (tertiary alicyclic amines) is 1. The lowest BCUT2D eigenvalue weighted by atomic mass is 9.99. The highest BCUT2D eigenvalue weighted by Gasteiger charge is 2.21. The highest BCUT2D eigenvalue weighted by atomic mass is 16.2. The first-order valence-electron chi connectivity index (χ1n) is 8.43. The molecule has 1 amide bonds. The number of fused-ring (bicyclic) bond motifs is 1. The average Bonchev–Trinajstić information content (AvgIpc) is 2.76. The molecule has 1 aromatic rings. The summed E-state index contributed by atoms with van der Waals surface area (Å²) in [6, 6.07) is 9.05. The molecule has 1 unspecified atom stereocenters. The summed E-state index contributed by atoms with van der Waals surface area (Å²) in [7, 11) is 0. The Morgan fingerprint density at radius 2 is 1.90 bits per heavy atom. The van der Waals surface area contributed by atoms with Crippen molar-refractivity contribution in [3.63, 3.8) is 0 Å². The molecule has 3 rings (SSSR count). The summed E-state index contributed by atoms with van der Waals surface area (Å²) in [4.78, 5) is 14.3. The Hall–Kier alpha value is -1.35. The van der Waals surface area contributed by atoms with Crippen molar-refractivity contribution in [2.45, 2.75) is 51.0 Å². The topological polar surface area (TPSA) is 32.3 Å². The minimum Gasteiger partial charge on any atom is -0.342 e. The van der Waals surface area contributed by atoms with Crippen LogP contribution in [0.1, 0.15) is 55.7 Å². The van der Waals surface area contributed by atoms with E-state index < -0.39 is 0 Å². The van der Waals surface area contributed by atoms with Gasteiger partial charge < -0.3 is 10.2 Å². The first-order chi connectivity index (χ1) is 10.3. The molecule has 0 aromatic heterocycles. The number of piperidine rings is 1. The third-order valence-electron chi connectivity index (χ3n) is 4.83. The number of amides is 1. The van der Waals surface area contributed by atoms with Crippen LogP contribution in [-0.4, -0.2) is 30.4 Å². The summed E-state index contributed by atoms with van der Waals surface area (Å²) in [6.45, 7) is 2.38. The Morgan fingerprint density at radius 3 is 2.76 bits per heavy atom. The van der Waals surface area contributed by atoms with Gasteiger partial charge in [-0.1, -0.05) is 30.7 Å². The van der Waals surface area contributed by atoms with E-state index in [9.17, 15) is 4.79 Å². The molecule has 114 valence electrons. The van der Waals surface area contributed by atoms with Gasteiger partial charge in [0, 0.05) is 19.1 Å². The minimum absolute atomic E-state index is 0.274. The van der Waals surface area contributed by atoms with Gasteiger partial charge in [-0.2, -0.15) is 0 Å². The summed E-state index contributed by atoms with van der Waals surface area (Å²) in [5, 5.41) is 3.52. The van der Waals surface area contributed by atoms with Crippen LogP contribution in [0.4, 0.5) is 0 Å². The molecule has 1 aromatic carbocycles. The fraction of sp³-hybridized carbons (Fsp3) is 0.611. The van der Waals surface area contributed by atoms with E-state index in [2.05, 4.69) is 29.6 Å². The molecular formula is C18H26N2O. The molecule has 3 nitrogen and oxygen atoms in total. The van der Waals surface area contributed by atoms with E-state index in [1.54, 1.807) is 0 Å². The third kappa shape index (κ3) is 3.65. The Bertz CT molecular complexity index is 480. The van der Waals surface area contributed by atoms with Crippen molar-refractivity contribution >= 4 is 5.91 Å². The van der Waals surface area contributed by atoms with Crippen molar-refractivity contribution in [3.05, 3.63) is 35.4 Å². The zero-order chi connectivity index (χ0) is 14.5. The third-order valence-corrected chi connectivity index (χ3v) is 4.83. The van der Waals surface area contributed by atoms with Crippen LogP contribution >= 0.6 is 0 Å². The van der Waals surface area contributed by atoms with E-state index in [4.69, 9.17) is 0 Å². The first-order valence-corrected chi connectivity index (χ1v) is 8.43. The van der Waals surface area contributed by atoms with Crippen molar-refractivity contribution in [2.75, 3.05) is 19.6 Å². The second-order valence-electron chi connectivity index (χ2n) is 6.32. The van der Waals surface area contributed by atoms with Gasteiger partial charge in [-0.15, -0.1) is 0 Å². The quantitative estimate of drug-likeness (QED) is 0.866. The molecule has 0 saturated carbocycles. The molecule has 0 bridgehead atoms. The summed E-state index contributed by atoms with van der Waals surface area (Å²) < 4.78 is 0. The number of aryl methyl sites for hydroxylation is 1. The van der Waals surface area contributed by atoms with E-state index in [1.165, 1.54) is 36.8 Å². The number of benzene rings is 1. The summed E-state index contributed by atoms with van der Waals surface area (Å²) in [5.41, 5.74) is 2.86. The van der Waals surface area contributed by atoms with E-state index in [-0.39, 0.29) is 5.91 Å². The molecule has 2 aliphatic rings. The SMILES string of the molecule is O=C(CNC1CCCCc2ccccc21)N1CCCCC1. The zero-order valence-corrected chi connectivity index (χ0v) is 12.8. The van der Waals surface area contributed by atoms with Crippen molar-refractivity contribution in [1.29, 1.82) is 0 Å². The van der Waals surface area contributed by atoms with Crippen molar-refractivity contribution in [2.24, 2.45) is 0 Å². The molecule has 1 fully saturated rings. The number of hydrogen-bond donors (Lipinski definition) is 1. The molecule has 1 aliphatic carbocycles. The highest BCUT2D eigenvalue weighted by Crippen LogP contribution is 2.28. The summed E-state index contributed by atoms with van der Waals surface area (Å²) >= 11 is 0. The normalized spacial score (nSPS) is 22.5. The van der Waals surface area contributed by atoms with Gasteiger partial charge >= 0.3 is 0 Å². The lowest BCUT2D eigenvalue weighted by molar-refractivity contribution is -0.131. The van der Waals surface area contributed by atoms with Gasteiger partial charge in [-0.05, 0) is 49.7 Å². The second-order valence-corrected chi connectivity index (χ2v) is 6.32. The number of hydrogen-bond acceptors (Lipinski definition) is 2. The highest BCUT2D eigenvalue weighted by molar-refractivity contribution is 5.78. The average molecular weight is 286 g/mol. The molecule has 3 heteroatoms. The van der Waals surface area contributed by atoms with Crippen LogP contribution in [0.2, 0.25) is 0 Å². The number of nitrogens with one attached hydrogen (secondary N) is 1. The lowest BCUT2D eigenvalue weighted by Crippen LogP contribution is -2.42. The smallest absolute Gasteiger partial charge is 0.236 e. The van der Waals surface area contributed by atoms with Gasteiger partial charge in [0.25, 0.3) is 0 Å². The van der Waals surface area contributed by atoms with Gasteiger partial charge in [0.2, 0.25) is 5.91 Å². The van der Waals surface area contributed by atoms with Crippen LogP contribution in [0.3, 0.4) is 0 Å². The number of carbonyl (C=O) groups excluding carboxylic acids is 1. The van der Waals surface area contributed by atoms with Crippen LogP contribution in [0.25, 0.3) is 0 Å². The van der Waals surface area contributed by atoms with Gasteiger partial charge in [0.05, 0.1) is 6.54 Å². The molecule has 0 spiro atoms. The van der Waals surface area contributed by atoms with E-state index in [0.717, 1.165) is 32.4 Å². The van der Waals surface area contributed by atoms with Crippen LogP contribution in [0, 0.1) is 0 Å². The number of rotatable bonds is 3. The van der Waals surface area contributed by atoms with Crippen molar-refractivity contribution < 1.29 is 4.79 Å². The van der Waals surface area contributed by atoms with Crippen molar-refractivity contribution in [3.8, 4) is 0 Å². The number of nitrogens with zero attached hydrogens (tertiary/aromatic N) is 1. The molecule has 1 N–H and O–H groups in total. The van der Waals surface area contributed by atoms with E-state index in [1.807, 2.05) is 4.90 Å². The maximum absolute atomic E-state index is 12.3. The van der Waals surface area contributed by atoms with Gasteiger partial charge in [0.1, 0.15) is 0 Å². The summed E-state index contributed by atoms with van der Waals surface area (Å²) in [6.07, 6.45) is 8.42. The monoisotopic (exact) mass is 286 g/mol. The Labute approximate surface area is 127 Å². The van der Waals surface area contributed by atoms with Crippen LogP contribution in [0.15, 0.2) is 24.3 Å². The van der Waals surface area contributed by atoms with Gasteiger partial charge in [0.15, 0.2) is 0 Å². The van der Waals surface area contributed by atoms with Gasteiger partial charge in [-0.3, -0.25) is 4.79 Å². The van der Waals surface area contributed by atoms with Crippen LogP contribution in [-0.2, 0) is 11.2 Å². The fourth-order valence-corrected chi connectivity index (χ4v) is 3.60. The minimum atomic E-state index is 0.274. The molecule has 21 heavy (non-hydrogen) atoms. The fourth-order valence-electron chi connectivity index (χ4n) is 3.60. The second kappa shape index (κ2) is 7.08. The Morgan fingerprint density at radius 1 is 1.10 bits per heavy atom. The van der Waals surface area contributed by atoms with E-state index >= 15 is 0 Å². The van der Waals surface area contributed by atoms with E-state index in [0.29, 0.717) is 12.6 Å². The van der Waals surface area contributed by atoms with Crippen LogP contribution < -0.4 is 5.32 Å². The lowest BCUT2D eigenvalue weighted by Gasteiger charge is -2.28. The molecule has 1 saturated heterocycles. The molecule has 1 heterocycles. The zero-order valence-electron chi connectivity index (χ0n) is 12.8. The molecular weight excluding hydrogens is 260 g/mol. The maximum atomic E-state index is 12.3. The Kier molecular flexibility index (Phi) is 4.91. The predicted molar refractivity (Wildman–Crippen MR) is 85.2 cm³/mol. The summed E-state index contributed by atoms with van der Waals surface area (Å²) in [5.74, 6) is 0.274. The molecule has 1 aliphatic heterocycles. The van der Waals surface area contributed by atoms with Gasteiger partial charge in [-0.25, -0.2) is 0 Å². The van der Waals surface area contributed by atoms with Crippen molar-refractivity contribution in [1.82, 2.24) is 10.2 Å². The largest absolute Gasteiger partial charge is 0.342 e. The number of carbonyl (C=O) groups is 1. The Balaban J connectivity index is 1.60. The molecule has 0 radical (unpaired) electrons. The van der Waals surface area contributed by atoms with Crippen LogP contribution in [0.5, 0.6) is 0 Å². The maximum Gasteiger partial charge on any atom is 0.236 e. The predicted octanol–water partition coefficient (Wildman–Crippen LogP) is 3.06. The molecule has 1 atom stereocenters. The standard InChI is InChI=1S/C18H26N2O/c21-18(20-12-6-1-7-13-20)14-19-17-11-5-3-9-15-8-2-4-10-16(15)17/h2,4,8,10,17,19H,1,3,5-7,9,11-14H2.